The first kappa shape index (κ1) is 20.8. The molecule has 0 unspecified atom stereocenters. The second-order valence-electron chi connectivity index (χ2n) is 6.23. The molecule has 0 atom stereocenters. The van der Waals surface area contributed by atoms with E-state index in [1.807, 2.05) is 18.2 Å². The van der Waals surface area contributed by atoms with Crippen LogP contribution in [0.15, 0.2) is 77.5 Å². The third-order valence-electron chi connectivity index (χ3n) is 3.86. The number of rotatable bonds is 7. The highest BCUT2D eigenvalue weighted by molar-refractivity contribution is 9.10. The molecule has 3 rings (SSSR count). The first-order chi connectivity index (χ1) is 13.9. The van der Waals surface area contributed by atoms with Crippen LogP contribution < -0.4 is 15.4 Å². The van der Waals surface area contributed by atoms with Gasteiger partial charge >= 0.3 is 6.03 Å². The Balaban J connectivity index is 1.53. The van der Waals surface area contributed by atoms with Gasteiger partial charge in [-0.3, -0.25) is 9.71 Å². The Morgan fingerprint density at radius 3 is 2.31 bits per heavy atom. The number of anilines is 2. The van der Waals surface area contributed by atoms with E-state index in [0.717, 1.165) is 10.0 Å². The molecule has 0 radical (unpaired) electrons. The first-order valence-corrected chi connectivity index (χ1v) is 11.1. The van der Waals surface area contributed by atoms with Crippen molar-refractivity contribution in [2.45, 2.75) is 12.3 Å². The van der Waals surface area contributed by atoms with E-state index in [-0.39, 0.29) is 11.8 Å². The molecule has 7 nitrogen and oxygen atoms in total. The van der Waals surface area contributed by atoms with Gasteiger partial charge in [0.1, 0.15) is 0 Å². The van der Waals surface area contributed by atoms with Gasteiger partial charge in [-0.2, -0.15) is 0 Å². The molecule has 0 aliphatic heterocycles. The van der Waals surface area contributed by atoms with Crippen LogP contribution in [-0.2, 0) is 22.3 Å². The highest BCUT2D eigenvalue weighted by Crippen LogP contribution is 2.18. The van der Waals surface area contributed by atoms with Gasteiger partial charge in [0.05, 0.1) is 5.75 Å². The summed E-state index contributed by atoms with van der Waals surface area (Å²) in [4.78, 5) is 15.9. The molecule has 0 aliphatic rings. The summed E-state index contributed by atoms with van der Waals surface area (Å²) in [5.41, 5.74) is 2.58. The van der Waals surface area contributed by atoms with E-state index < -0.39 is 10.0 Å². The van der Waals surface area contributed by atoms with Crippen molar-refractivity contribution in [3.05, 3.63) is 88.7 Å². The predicted octanol–water partition coefficient (Wildman–Crippen LogP) is 4.11. The van der Waals surface area contributed by atoms with Crippen molar-refractivity contribution in [1.82, 2.24) is 10.3 Å². The first-order valence-electron chi connectivity index (χ1n) is 8.68. The number of urea groups is 1. The van der Waals surface area contributed by atoms with Crippen molar-refractivity contribution >= 4 is 43.4 Å². The summed E-state index contributed by atoms with van der Waals surface area (Å²) in [7, 11) is -3.56. The number of carbonyl (C=O) groups is 1. The van der Waals surface area contributed by atoms with Crippen LogP contribution in [0.4, 0.5) is 16.2 Å². The predicted molar refractivity (Wildman–Crippen MR) is 117 cm³/mol. The van der Waals surface area contributed by atoms with Crippen LogP contribution in [0.2, 0.25) is 0 Å². The van der Waals surface area contributed by atoms with Crippen molar-refractivity contribution in [3.8, 4) is 0 Å². The smallest absolute Gasteiger partial charge is 0.319 e. The number of hydrogen-bond donors (Lipinski definition) is 3. The number of nitrogens with zero attached hydrogens (tertiary/aromatic N) is 1. The lowest BCUT2D eigenvalue weighted by Gasteiger charge is -2.10. The molecule has 1 heterocycles. The topological polar surface area (TPSA) is 100 Å². The van der Waals surface area contributed by atoms with Crippen LogP contribution in [0.5, 0.6) is 0 Å². The summed E-state index contributed by atoms with van der Waals surface area (Å²) < 4.78 is 28.1. The standard InChI is InChI=1S/C20H19BrN4O3S/c21-17-3-1-2-16(12-17)14-29(27,28)25-19-6-4-18(5-7-19)24-20(26)23-13-15-8-10-22-11-9-15/h1-12,25H,13-14H2,(H2,23,24,26). The minimum Gasteiger partial charge on any atom is -0.334 e. The van der Waals surface area contributed by atoms with Crippen LogP contribution in [0.1, 0.15) is 11.1 Å². The Morgan fingerprint density at radius 1 is 0.931 bits per heavy atom. The average molecular weight is 475 g/mol. The maximum atomic E-state index is 12.4. The summed E-state index contributed by atoms with van der Waals surface area (Å²) >= 11 is 3.33. The summed E-state index contributed by atoms with van der Waals surface area (Å²) in [5, 5.41) is 5.44. The van der Waals surface area contributed by atoms with Gasteiger partial charge in [0, 0.05) is 34.8 Å². The maximum Gasteiger partial charge on any atom is 0.319 e. The van der Waals surface area contributed by atoms with Crippen LogP contribution in [-0.4, -0.2) is 19.4 Å². The van der Waals surface area contributed by atoms with E-state index >= 15 is 0 Å². The zero-order valence-corrected chi connectivity index (χ0v) is 17.7. The molecular formula is C20H19BrN4O3S. The van der Waals surface area contributed by atoms with Crippen LogP contribution >= 0.6 is 15.9 Å². The molecule has 3 aromatic rings. The molecule has 3 N–H and O–H groups in total. The largest absolute Gasteiger partial charge is 0.334 e. The Hall–Kier alpha value is -2.91. The molecule has 2 amide bonds. The molecule has 1 aromatic heterocycles. The van der Waals surface area contributed by atoms with Gasteiger partial charge in [0.25, 0.3) is 0 Å². The molecule has 150 valence electrons. The van der Waals surface area contributed by atoms with Gasteiger partial charge in [0.2, 0.25) is 10.0 Å². The van der Waals surface area contributed by atoms with Gasteiger partial charge in [-0.15, -0.1) is 0 Å². The lowest BCUT2D eigenvalue weighted by atomic mass is 10.2. The SMILES string of the molecule is O=C(NCc1ccncc1)Nc1ccc(NS(=O)(=O)Cc2cccc(Br)c2)cc1. The fraction of sp³-hybridized carbons (Fsp3) is 0.100. The zero-order chi connectivity index (χ0) is 20.7. The van der Waals surface area contributed by atoms with E-state index in [1.54, 1.807) is 54.9 Å². The Morgan fingerprint density at radius 2 is 1.62 bits per heavy atom. The summed E-state index contributed by atoms with van der Waals surface area (Å²) in [6.07, 6.45) is 3.32. The molecule has 0 bridgehead atoms. The van der Waals surface area contributed by atoms with E-state index in [1.165, 1.54) is 0 Å². The number of hydrogen-bond acceptors (Lipinski definition) is 4. The summed E-state index contributed by atoms with van der Waals surface area (Å²) in [6, 6.07) is 16.9. The Labute approximate surface area is 177 Å². The van der Waals surface area contributed by atoms with Crippen molar-refractivity contribution in [1.29, 1.82) is 0 Å². The second-order valence-corrected chi connectivity index (χ2v) is 8.87. The molecular weight excluding hydrogens is 456 g/mol. The normalized spacial score (nSPS) is 10.9. The highest BCUT2D eigenvalue weighted by Gasteiger charge is 2.12. The second kappa shape index (κ2) is 9.53. The summed E-state index contributed by atoms with van der Waals surface area (Å²) in [5.74, 6) is -0.135. The number of nitrogens with one attached hydrogen (secondary N) is 3. The summed E-state index contributed by atoms with van der Waals surface area (Å²) in [6.45, 7) is 0.377. The fourth-order valence-electron chi connectivity index (χ4n) is 2.54. The molecule has 0 aliphatic carbocycles. The number of sulfonamides is 1. The molecule has 29 heavy (non-hydrogen) atoms. The Bertz CT molecular complexity index is 1070. The van der Waals surface area contributed by atoms with Gasteiger partial charge in [-0.05, 0) is 59.7 Å². The molecule has 0 saturated heterocycles. The number of amides is 2. The number of pyridine rings is 1. The van der Waals surface area contributed by atoms with E-state index in [0.29, 0.717) is 23.5 Å². The minimum absolute atomic E-state index is 0.135. The third-order valence-corrected chi connectivity index (χ3v) is 5.62. The Kier molecular flexibility index (Phi) is 6.84. The monoisotopic (exact) mass is 474 g/mol. The highest BCUT2D eigenvalue weighted by atomic mass is 79.9. The van der Waals surface area contributed by atoms with Gasteiger partial charge in [-0.1, -0.05) is 28.1 Å². The molecule has 0 saturated carbocycles. The lowest BCUT2D eigenvalue weighted by Crippen LogP contribution is -2.28. The van der Waals surface area contributed by atoms with Gasteiger partial charge < -0.3 is 10.6 Å². The number of benzene rings is 2. The van der Waals surface area contributed by atoms with Crippen molar-refractivity contribution in [2.75, 3.05) is 10.0 Å². The van der Waals surface area contributed by atoms with Crippen molar-refractivity contribution < 1.29 is 13.2 Å². The third kappa shape index (κ3) is 6.88. The molecule has 0 fully saturated rings. The average Bonchev–Trinajstić information content (AvgIpc) is 2.68. The van der Waals surface area contributed by atoms with E-state index in [2.05, 4.69) is 36.3 Å². The van der Waals surface area contributed by atoms with Crippen molar-refractivity contribution in [2.24, 2.45) is 0 Å². The number of aromatic nitrogens is 1. The molecule has 9 heteroatoms. The number of carbonyl (C=O) groups excluding carboxylic acids is 1. The van der Waals surface area contributed by atoms with Crippen LogP contribution in [0.3, 0.4) is 0 Å². The van der Waals surface area contributed by atoms with Crippen LogP contribution in [0, 0.1) is 0 Å². The zero-order valence-electron chi connectivity index (χ0n) is 15.3. The minimum atomic E-state index is -3.56. The molecule has 2 aromatic carbocycles. The van der Waals surface area contributed by atoms with Crippen molar-refractivity contribution in [3.63, 3.8) is 0 Å². The van der Waals surface area contributed by atoms with E-state index in [4.69, 9.17) is 0 Å². The maximum absolute atomic E-state index is 12.4. The lowest BCUT2D eigenvalue weighted by molar-refractivity contribution is 0.251. The van der Waals surface area contributed by atoms with Gasteiger partial charge in [0.15, 0.2) is 0 Å². The van der Waals surface area contributed by atoms with Gasteiger partial charge in [-0.25, -0.2) is 13.2 Å². The molecule has 0 spiro atoms. The van der Waals surface area contributed by atoms with E-state index in [9.17, 15) is 13.2 Å². The quantitative estimate of drug-likeness (QED) is 0.479. The van der Waals surface area contributed by atoms with Crippen LogP contribution in [0.25, 0.3) is 0 Å². The number of halogens is 1. The fourth-order valence-corrected chi connectivity index (χ4v) is 4.17.